The number of aryl methyl sites for hydroxylation is 2. The molecule has 160 valence electrons. The molecule has 3 heterocycles. The summed E-state index contributed by atoms with van der Waals surface area (Å²) in [5.74, 6) is 0.513. The Morgan fingerprint density at radius 2 is 1.84 bits per heavy atom. The third-order valence-corrected chi connectivity index (χ3v) is 5.52. The van der Waals surface area contributed by atoms with Crippen molar-refractivity contribution in [2.75, 3.05) is 12.1 Å². The van der Waals surface area contributed by atoms with Gasteiger partial charge in [-0.05, 0) is 48.7 Å². The zero-order chi connectivity index (χ0) is 22.2. The molecule has 2 aromatic carbocycles. The largest absolute Gasteiger partial charge is 0.454 e. The molecule has 0 bridgehead atoms. The van der Waals surface area contributed by atoms with E-state index in [0.29, 0.717) is 22.8 Å². The number of nitrogens with one attached hydrogen (secondary N) is 1. The summed E-state index contributed by atoms with van der Waals surface area (Å²) in [6.45, 7) is 4.24. The van der Waals surface area contributed by atoms with E-state index in [4.69, 9.17) is 9.47 Å². The van der Waals surface area contributed by atoms with E-state index in [1.807, 2.05) is 38.1 Å². The number of hydrogen-bond acceptors (Lipinski definition) is 6. The zero-order valence-corrected chi connectivity index (χ0v) is 17.7. The Morgan fingerprint density at radius 3 is 2.62 bits per heavy atom. The topological polar surface area (TPSA) is 80.8 Å². The lowest BCUT2D eigenvalue weighted by atomic mass is 9.97. The average Bonchev–Trinajstić information content (AvgIpc) is 3.34. The summed E-state index contributed by atoms with van der Waals surface area (Å²) in [5, 5.41) is 3.17. The van der Waals surface area contributed by atoms with Crippen LogP contribution in [0.25, 0.3) is 5.57 Å². The van der Waals surface area contributed by atoms with E-state index in [-0.39, 0.29) is 30.8 Å². The molecule has 0 spiro atoms. The number of aromatic nitrogens is 1. The quantitative estimate of drug-likeness (QED) is 0.624. The van der Waals surface area contributed by atoms with Gasteiger partial charge in [0.1, 0.15) is 5.70 Å². The maximum atomic E-state index is 13.5. The minimum absolute atomic E-state index is 0.145. The number of fused-ring (bicyclic) bond motifs is 1. The highest BCUT2D eigenvalue weighted by atomic mass is 16.7. The summed E-state index contributed by atoms with van der Waals surface area (Å²) in [5.41, 5.74) is 4.74. The summed E-state index contributed by atoms with van der Waals surface area (Å²) >= 11 is 0. The van der Waals surface area contributed by atoms with E-state index >= 15 is 0 Å². The number of imide groups is 1. The van der Waals surface area contributed by atoms with Gasteiger partial charge in [-0.2, -0.15) is 0 Å². The molecule has 32 heavy (non-hydrogen) atoms. The number of benzene rings is 2. The Hall–Kier alpha value is -4.13. The van der Waals surface area contributed by atoms with E-state index in [2.05, 4.69) is 10.3 Å². The minimum Gasteiger partial charge on any atom is -0.454 e. The second-order valence-corrected chi connectivity index (χ2v) is 7.82. The van der Waals surface area contributed by atoms with Crippen LogP contribution in [0.15, 0.2) is 66.6 Å². The molecule has 1 N–H and O–H groups in total. The third-order valence-electron chi connectivity index (χ3n) is 5.52. The molecule has 0 fully saturated rings. The lowest BCUT2D eigenvalue weighted by Crippen LogP contribution is -2.32. The zero-order valence-electron chi connectivity index (χ0n) is 17.7. The van der Waals surface area contributed by atoms with Crippen molar-refractivity contribution >= 4 is 23.1 Å². The Kier molecular flexibility index (Phi) is 4.86. The summed E-state index contributed by atoms with van der Waals surface area (Å²) in [6, 6.07) is 14.8. The van der Waals surface area contributed by atoms with Gasteiger partial charge in [-0.1, -0.05) is 29.8 Å². The van der Waals surface area contributed by atoms with Crippen molar-refractivity contribution in [2.45, 2.75) is 20.4 Å². The molecule has 0 radical (unpaired) electrons. The first-order valence-corrected chi connectivity index (χ1v) is 10.2. The van der Waals surface area contributed by atoms with Crippen LogP contribution in [0.3, 0.4) is 0 Å². The number of carbonyl (C=O) groups is 2. The molecule has 2 aliphatic heterocycles. The normalized spacial score (nSPS) is 15.0. The van der Waals surface area contributed by atoms with Crippen LogP contribution in [0.5, 0.6) is 11.5 Å². The predicted octanol–water partition coefficient (Wildman–Crippen LogP) is 3.82. The third kappa shape index (κ3) is 3.47. The molecule has 0 saturated heterocycles. The van der Waals surface area contributed by atoms with Crippen LogP contribution in [0.4, 0.5) is 5.69 Å². The number of amides is 2. The van der Waals surface area contributed by atoms with Crippen molar-refractivity contribution in [3.63, 3.8) is 0 Å². The predicted molar refractivity (Wildman–Crippen MR) is 119 cm³/mol. The fourth-order valence-electron chi connectivity index (χ4n) is 3.97. The first-order chi connectivity index (χ1) is 15.5. The highest BCUT2D eigenvalue weighted by molar-refractivity contribution is 6.36. The molecule has 0 aliphatic carbocycles. The van der Waals surface area contributed by atoms with Gasteiger partial charge in [-0.25, -0.2) is 0 Å². The van der Waals surface area contributed by atoms with Crippen molar-refractivity contribution in [1.29, 1.82) is 0 Å². The summed E-state index contributed by atoms with van der Waals surface area (Å²) in [4.78, 5) is 32.3. The number of hydrogen-bond donors (Lipinski definition) is 1. The van der Waals surface area contributed by atoms with Gasteiger partial charge in [0.05, 0.1) is 12.1 Å². The van der Waals surface area contributed by atoms with Crippen LogP contribution in [0, 0.1) is 13.8 Å². The van der Waals surface area contributed by atoms with Crippen LogP contribution in [-0.4, -0.2) is 28.5 Å². The van der Waals surface area contributed by atoms with Crippen molar-refractivity contribution in [2.24, 2.45) is 0 Å². The van der Waals surface area contributed by atoms with Crippen molar-refractivity contribution in [3.8, 4) is 11.5 Å². The lowest BCUT2D eigenvalue weighted by Gasteiger charge is -2.15. The average molecular weight is 427 g/mol. The highest BCUT2D eigenvalue weighted by Crippen LogP contribution is 2.37. The maximum absolute atomic E-state index is 13.5. The Morgan fingerprint density at radius 1 is 1.00 bits per heavy atom. The number of ether oxygens (including phenoxy) is 2. The number of pyridine rings is 1. The maximum Gasteiger partial charge on any atom is 0.278 e. The van der Waals surface area contributed by atoms with Crippen molar-refractivity contribution in [1.82, 2.24) is 9.88 Å². The van der Waals surface area contributed by atoms with Crippen molar-refractivity contribution < 1.29 is 19.1 Å². The second-order valence-electron chi connectivity index (χ2n) is 7.82. The number of nitrogens with zero attached hydrogens (tertiary/aromatic N) is 2. The molecule has 0 unspecified atom stereocenters. The van der Waals surface area contributed by atoms with Gasteiger partial charge in [0.25, 0.3) is 11.8 Å². The van der Waals surface area contributed by atoms with Crippen LogP contribution >= 0.6 is 0 Å². The molecule has 2 aliphatic rings. The molecule has 3 aromatic rings. The Labute approximate surface area is 185 Å². The Balaban J connectivity index is 1.56. The monoisotopic (exact) mass is 427 g/mol. The molecule has 7 heteroatoms. The standard InChI is InChI=1S/C25H21N3O4/c1-15-5-7-19(16(2)10-15)22-23(27-18-6-8-20-21(11-18)32-14-31-20)25(30)28(24(22)29)13-17-4-3-9-26-12-17/h3-12,27H,13-14H2,1-2H3. The van der Waals surface area contributed by atoms with E-state index in [1.54, 1.807) is 36.7 Å². The van der Waals surface area contributed by atoms with Crippen LogP contribution < -0.4 is 14.8 Å². The molecule has 0 saturated carbocycles. The van der Waals surface area contributed by atoms with E-state index < -0.39 is 0 Å². The molecule has 0 atom stereocenters. The first-order valence-electron chi connectivity index (χ1n) is 10.2. The van der Waals surface area contributed by atoms with Gasteiger partial charge in [0.15, 0.2) is 11.5 Å². The SMILES string of the molecule is Cc1ccc(C2=C(Nc3ccc4c(c3)OCO4)C(=O)N(Cc3cccnc3)C2=O)c(C)c1. The van der Waals surface area contributed by atoms with Gasteiger partial charge < -0.3 is 14.8 Å². The Bertz CT molecular complexity index is 1270. The fourth-order valence-corrected chi connectivity index (χ4v) is 3.97. The number of carbonyl (C=O) groups excluding carboxylic acids is 2. The van der Waals surface area contributed by atoms with Gasteiger partial charge in [-0.15, -0.1) is 0 Å². The molecular weight excluding hydrogens is 406 g/mol. The number of anilines is 1. The van der Waals surface area contributed by atoms with Crippen molar-refractivity contribution in [3.05, 3.63) is 88.9 Å². The summed E-state index contributed by atoms with van der Waals surface area (Å²) in [7, 11) is 0. The van der Waals surface area contributed by atoms with E-state index in [0.717, 1.165) is 22.3 Å². The second kappa shape index (κ2) is 7.85. The molecule has 2 amide bonds. The summed E-state index contributed by atoms with van der Waals surface area (Å²) < 4.78 is 10.8. The smallest absolute Gasteiger partial charge is 0.278 e. The van der Waals surface area contributed by atoms with Crippen LogP contribution in [0.2, 0.25) is 0 Å². The van der Waals surface area contributed by atoms with Gasteiger partial charge in [0, 0.05) is 24.1 Å². The highest BCUT2D eigenvalue weighted by Gasteiger charge is 2.39. The van der Waals surface area contributed by atoms with Crippen LogP contribution in [-0.2, 0) is 16.1 Å². The fraction of sp³-hybridized carbons (Fsp3) is 0.160. The van der Waals surface area contributed by atoms with Gasteiger partial charge >= 0.3 is 0 Å². The van der Waals surface area contributed by atoms with E-state index in [1.165, 1.54) is 4.90 Å². The van der Waals surface area contributed by atoms with Crippen LogP contribution in [0.1, 0.15) is 22.3 Å². The molecule has 7 nitrogen and oxygen atoms in total. The van der Waals surface area contributed by atoms with E-state index in [9.17, 15) is 9.59 Å². The lowest BCUT2D eigenvalue weighted by molar-refractivity contribution is -0.137. The summed E-state index contributed by atoms with van der Waals surface area (Å²) in [6.07, 6.45) is 3.31. The molecule has 5 rings (SSSR count). The first kappa shape index (κ1) is 19.8. The van der Waals surface area contributed by atoms with Gasteiger partial charge in [0.2, 0.25) is 6.79 Å². The molecular formula is C25H21N3O4. The van der Waals surface area contributed by atoms with Gasteiger partial charge in [-0.3, -0.25) is 19.5 Å². The molecule has 1 aromatic heterocycles. The minimum atomic E-state index is -0.383. The number of rotatable bonds is 5.